The van der Waals surface area contributed by atoms with Gasteiger partial charge in [0.25, 0.3) is 0 Å². The predicted octanol–water partition coefficient (Wildman–Crippen LogP) is 3.40. The molecule has 0 atom stereocenters. The quantitative estimate of drug-likeness (QED) is 0.440. The van der Waals surface area contributed by atoms with Gasteiger partial charge in [0.2, 0.25) is 0 Å². The summed E-state index contributed by atoms with van der Waals surface area (Å²) in [6.45, 7) is 0. The van der Waals surface area contributed by atoms with Crippen molar-refractivity contribution < 1.29 is 22.1 Å². The molecule has 0 unspecified atom stereocenters. The van der Waals surface area contributed by atoms with Crippen LogP contribution in [0.2, 0.25) is 0 Å². The van der Waals surface area contributed by atoms with E-state index in [2.05, 4.69) is 20.7 Å². The Kier molecular flexibility index (Phi) is 5.57. The third-order valence-corrected chi connectivity index (χ3v) is 4.59. The highest BCUT2D eigenvalue weighted by Crippen LogP contribution is 2.21. The van der Waals surface area contributed by atoms with Crippen molar-refractivity contribution in [1.82, 2.24) is 0 Å². The molecule has 120 valence electrons. The first-order valence-electron chi connectivity index (χ1n) is 6.47. The SMILES string of the molecule is COC(=O)C=Cc1ccc(OS(=O)(=O)c2ccc(Br)cc2)cc1. The summed E-state index contributed by atoms with van der Waals surface area (Å²) in [6.07, 6.45) is 2.83. The normalized spacial score (nSPS) is 11.4. The van der Waals surface area contributed by atoms with Crippen molar-refractivity contribution in [3.8, 4) is 5.75 Å². The highest BCUT2D eigenvalue weighted by Gasteiger charge is 2.16. The summed E-state index contributed by atoms with van der Waals surface area (Å²) in [5.41, 5.74) is 0.712. The van der Waals surface area contributed by atoms with E-state index in [4.69, 9.17) is 4.18 Å². The molecule has 0 saturated heterocycles. The second-order valence-corrected chi connectivity index (χ2v) is 6.88. The third kappa shape index (κ3) is 4.94. The third-order valence-electron chi connectivity index (χ3n) is 2.80. The molecule has 0 aliphatic rings. The maximum atomic E-state index is 12.1. The summed E-state index contributed by atoms with van der Waals surface area (Å²) in [4.78, 5) is 11.1. The van der Waals surface area contributed by atoms with Crippen LogP contribution in [-0.4, -0.2) is 21.5 Å². The van der Waals surface area contributed by atoms with Crippen molar-refractivity contribution in [2.75, 3.05) is 7.11 Å². The molecular formula is C16H13BrO5S. The number of hydrogen-bond acceptors (Lipinski definition) is 5. The lowest BCUT2D eigenvalue weighted by Crippen LogP contribution is -2.09. The number of carbonyl (C=O) groups excluding carboxylic acids is 1. The van der Waals surface area contributed by atoms with Gasteiger partial charge >= 0.3 is 16.1 Å². The van der Waals surface area contributed by atoms with Gasteiger partial charge in [-0.25, -0.2) is 4.79 Å². The van der Waals surface area contributed by atoms with E-state index < -0.39 is 16.1 Å². The fourth-order valence-electron chi connectivity index (χ4n) is 1.64. The van der Waals surface area contributed by atoms with Crippen LogP contribution in [0, 0.1) is 0 Å². The van der Waals surface area contributed by atoms with E-state index in [1.54, 1.807) is 30.3 Å². The van der Waals surface area contributed by atoms with E-state index in [0.717, 1.165) is 4.47 Å². The van der Waals surface area contributed by atoms with E-state index in [1.807, 2.05) is 0 Å². The van der Waals surface area contributed by atoms with Crippen molar-refractivity contribution in [2.24, 2.45) is 0 Å². The number of carbonyl (C=O) groups is 1. The number of benzene rings is 2. The van der Waals surface area contributed by atoms with Gasteiger partial charge in [0.1, 0.15) is 10.6 Å². The summed E-state index contributed by atoms with van der Waals surface area (Å²) in [5.74, 6) is -0.286. The van der Waals surface area contributed by atoms with Crippen LogP contribution in [0.3, 0.4) is 0 Å². The number of ether oxygens (including phenoxy) is 1. The average molecular weight is 397 g/mol. The average Bonchev–Trinajstić information content (AvgIpc) is 2.54. The van der Waals surface area contributed by atoms with Gasteiger partial charge in [0, 0.05) is 10.5 Å². The Bertz CT molecular complexity index is 809. The van der Waals surface area contributed by atoms with Gasteiger partial charge in [-0.3, -0.25) is 0 Å². The fraction of sp³-hybridized carbons (Fsp3) is 0.0625. The fourth-order valence-corrected chi connectivity index (χ4v) is 2.84. The van der Waals surface area contributed by atoms with Crippen molar-refractivity contribution in [3.63, 3.8) is 0 Å². The van der Waals surface area contributed by atoms with Crippen molar-refractivity contribution in [1.29, 1.82) is 0 Å². The zero-order valence-electron chi connectivity index (χ0n) is 12.1. The first kappa shape index (κ1) is 17.2. The topological polar surface area (TPSA) is 69.7 Å². The van der Waals surface area contributed by atoms with Gasteiger partial charge < -0.3 is 8.92 Å². The summed E-state index contributed by atoms with van der Waals surface area (Å²) in [7, 11) is -2.60. The van der Waals surface area contributed by atoms with Gasteiger partial charge in [-0.15, -0.1) is 0 Å². The molecule has 2 aromatic rings. The molecule has 0 spiro atoms. The second kappa shape index (κ2) is 7.43. The maximum absolute atomic E-state index is 12.1. The Morgan fingerprint density at radius 1 is 1.04 bits per heavy atom. The van der Waals surface area contributed by atoms with Crippen molar-refractivity contribution in [2.45, 2.75) is 4.90 Å². The molecule has 23 heavy (non-hydrogen) atoms. The number of halogens is 1. The minimum absolute atomic E-state index is 0.0652. The molecule has 0 amide bonds. The minimum Gasteiger partial charge on any atom is -0.466 e. The molecule has 0 aliphatic heterocycles. The van der Waals surface area contributed by atoms with Gasteiger partial charge in [-0.1, -0.05) is 28.1 Å². The predicted molar refractivity (Wildman–Crippen MR) is 89.4 cm³/mol. The standard InChI is InChI=1S/C16H13BrO5S/c1-21-16(18)11-4-12-2-7-14(8-3-12)22-23(19,20)15-9-5-13(17)6-10-15/h2-11H,1H3. The summed E-state index contributed by atoms with van der Waals surface area (Å²) in [5, 5.41) is 0. The van der Waals surface area contributed by atoms with Crippen LogP contribution >= 0.6 is 15.9 Å². The Morgan fingerprint density at radius 2 is 1.65 bits per heavy atom. The number of methoxy groups -OCH3 is 1. The van der Waals surface area contributed by atoms with Crippen LogP contribution in [0.1, 0.15) is 5.56 Å². The number of rotatable bonds is 5. The number of hydrogen-bond donors (Lipinski definition) is 0. The second-order valence-electron chi connectivity index (χ2n) is 4.42. The Morgan fingerprint density at radius 3 is 2.22 bits per heavy atom. The Balaban J connectivity index is 2.12. The minimum atomic E-state index is -3.89. The lowest BCUT2D eigenvalue weighted by molar-refractivity contribution is -0.134. The molecule has 0 N–H and O–H groups in total. The Hall–Kier alpha value is -2.12. The molecule has 0 heterocycles. The van der Waals surface area contributed by atoms with E-state index in [9.17, 15) is 13.2 Å². The largest absolute Gasteiger partial charge is 0.466 e. The molecule has 2 rings (SSSR count). The van der Waals surface area contributed by atoms with E-state index >= 15 is 0 Å². The highest BCUT2D eigenvalue weighted by atomic mass is 79.9. The summed E-state index contributed by atoms with van der Waals surface area (Å²) < 4.78 is 34.6. The molecule has 7 heteroatoms. The molecule has 0 aliphatic carbocycles. The molecule has 5 nitrogen and oxygen atoms in total. The van der Waals surface area contributed by atoms with Crippen LogP contribution in [0.15, 0.2) is 64.0 Å². The van der Waals surface area contributed by atoms with E-state index in [0.29, 0.717) is 5.56 Å². The Labute approximate surface area is 142 Å². The number of esters is 1. The zero-order valence-corrected chi connectivity index (χ0v) is 14.5. The highest BCUT2D eigenvalue weighted by molar-refractivity contribution is 9.10. The molecule has 0 aromatic heterocycles. The van der Waals surface area contributed by atoms with Gasteiger partial charge in [0.05, 0.1) is 7.11 Å². The van der Waals surface area contributed by atoms with E-state index in [-0.39, 0.29) is 10.6 Å². The van der Waals surface area contributed by atoms with Crippen LogP contribution in [-0.2, 0) is 19.6 Å². The summed E-state index contributed by atoms with van der Waals surface area (Å²) in [6, 6.07) is 12.4. The van der Waals surface area contributed by atoms with Gasteiger partial charge in [0.15, 0.2) is 0 Å². The summed E-state index contributed by atoms with van der Waals surface area (Å²) >= 11 is 3.24. The molecule has 0 saturated carbocycles. The zero-order chi connectivity index (χ0) is 16.9. The van der Waals surface area contributed by atoms with E-state index in [1.165, 1.54) is 37.5 Å². The van der Waals surface area contributed by atoms with Crippen molar-refractivity contribution >= 4 is 38.1 Å². The van der Waals surface area contributed by atoms with Crippen LogP contribution < -0.4 is 4.18 Å². The first-order valence-corrected chi connectivity index (χ1v) is 8.67. The monoisotopic (exact) mass is 396 g/mol. The first-order chi connectivity index (χ1) is 10.9. The molecule has 0 bridgehead atoms. The van der Waals surface area contributed by atoms with Crippen LogP contribution in [0.25, 0.3) is 6.08 Å². The lowest BCUT2D eigenvalue weighted by atomic mass is 10.2. The lowest BCUT2D eigenvalue weighted by Gasteiger charge is -2.07. The maximum Gasteiger partial charge on any atom is 0.339 e. The smallest absolute Gasteiger partial charge is 0.339 e. The van der Waals surface area contributed by atoms with Crippen LogP contribution in [0.5, 0.6) is 5.75 Å². The molecular weight excluding hydrogens is 384 g/mol. The molecule has 0 radical (unpaired) electrons. The van der Waals surface area contributed by atoms with Crippen LogP contribution in [0.4, 0.5) is 0 Å². The van der Waals surface area contributed by atoms with Crippen molar-refractivity contribution in [3.05, 3.63) is 64.6 Å². The van der Waals surface area contributed by atoms with Gasteiger partial charge in [-0.2, -0.15) is 8.42 Å². The van der Waals surface area contributed by atoms with Gasteiger partial charge in [-0.05, 0) is 48.0 Å². The molecule has 2 aromatic carbocycles. The molecule has 0 fully saturated rings.